The Kier molecular flexibility index (Phi) is 8.31. The molecule has 0 aromatic heterocycles. The van der Waals surface area contributed by atoms with Crippen molar-refractivity contribution in [1.82, 2.24) is 21.3 Å². The summed E-state index contributed by atoms with van der Waals surface area (Å²) in [7, 11) is 0. The third kappa shape index (κ3) is 6.95. The lowest BCUT2D eigenvalue weighted by Gasteiger charge is -2.33. The normalized spacial score (nSPS) is 37.4. The van der Waals surface area contributed by atoms with Crippen molar-refractivity contribution in [3.63, 3.8) is 0 Å². The number of rotatable bonds is 0. The minimum atomic E-state index is -0.210. The number of nitrogens with one attached hydrogen (secondary N) is 4. The molecule has 0 aromatic rings. The van der Waals surface area contributed by atoms with Gasteiger partial charge in [-0.25, -0.2) is 0 Å². The molecule has 0 aromatic carbocycles. The first-order valence-electron chi connectivity index (χ1n) is 8.39. The molecule has 3 rings (SSSR count). The molecule has 7 heteroatoms. The smallest absolute Gasteiger partial charge is 0.0533 e. The van der Waals surface area contributed by atoms with Gasteiger partial charge in [-0.3, -0.25) is 0 Å². The van der Waals surface area contributed by atoms with Crippen LogP contribution in [-0.2, 0) is 0 Å². The van der Waals surface area contributed by atoms with Gasteiger partial charge in [0.2, 0.25) is 0 Å². The van der Waals surface area contributed by atoms with Gasteiger partial charge < -0.3 is 27.0 Å². The Morgan fingerprint density at radius 2 is 1.18 bits per heavy atom. The summed E-state index contributed by atoms with van der Waals surface area (Å²) in [5, 5.41) is 14.3. The average molecular weight is 348 g/mol. The average Bonchev–Trinajstić information content (AvgIpc) is 2.49. The Morgan fingerprint density at radius 1 is 0.727 bits per heavy atom. The van der Waals surface area contributed by atoms with Gasteiger partial charge in [0, 0.05) is 75.4 Å². The van der Waals surface area contributed by atoms with Crippen LogP contribution in [0.25, 0.3) is 0 Å². The zero-order valence-electron chi connectivity index (χ0n) is 13.9. The summed E-state index contributed by atoms with van der Waals surface area (Å²) in [5.74, 6) is 4.78. The first kappa shape index (κ1) is 18.8. The van der Waals surface area contributed by atoms with Crippen LogP contribution in [0.3, 0.4) is 0 Å². The summed E-state index contributed by atoms with van der Waals surface area (Å²) >= 11 is 4.15. The van der Waals surface area contributed by atoms with Crippen LogP contribution in [0.2, 0.25) is 0 Å². The van der Waals surface area contributed by atoms with Crippen LogP contribution in [0.15, 0.2) is 0 Å². The van der Waals surface area contributed by atoms with Crippen LogP contribution < -0.4 is 27.0 Å². The van der Waals surface area contributed by atoms with Gasteiger partial charge in [0.1, 0.15) is 0 Å². The zero-order valence-corrected chi connectivity index (χ0v) is 15.5. The lowest BCUT2D eigenvalue weighted by atomic mass is 9.96. The lowest BCUT2D eigenvalue weighted by molar-refractivity contribution is 0.349. The minimum Gasteiger partial charge on any atom is -0.322 e. The van der Waals surface area contributed by atoms with E-state index >= 15 is 0 Å². The summed E-state index contributed by atoms with van der Waals surface area (Å²) in [6, 6.07) is 0. The summed E-state index contributed by atoms with van der Waals surface area (Å²) in [6.07, 6.45) is 0. The summed E-state index contributed by atoms with van der Waals surface area (Å²) in [6.45, 7) is 10.2. The van der Waals surface area contributed by atoms with E-state index in [1.54, 1.807) is 0 Å². The van der Waals surface area contributed by atoms with Crippen molar-refractivity contribution in [2.24, 2.45) is 11.1 Å². The van der Waals surface area contributed by atoms with Gasteiger partial charge in [-0.15, -0.1) is 0 Å². The number of thioether (sulfide) groups is 2. The minimum absolute atomic E-state index is 0.210. The monoisotopic (exact) mass is 347 g/mol. The molecular formula is C15H33N5S2. The van der Waals surface area contributed by atoms with Crippen molar-refractivity contribution in [1.29, 1.82) is 0 Å². The van der Waals surface area contributed by atoms with Gasteiger partial charge in [-0.1, -0.05) is 6.92 Å². The highest BCUT2D eigenvalue weighted by Gasteiger charge is 2.26. The summed E-state index contributed by atoms with van der Waals surface area (Å²) < 4.78 is 0. The molecule has 0 aliphatic carbocycles. The van der Waals surface area contributed by atoms with Crippen LogP contribution in [0.5, 0.6) is 0 Å². The first-order valence-corrected chi connectivity index (χ1v) is 10.7. The first-order chi connectivity index (χ1) is 10.6. The van der Waals surface area contributed by atoms with Gasteiger partial charge in [-0.05, 0) is 5.41 Å². The number of fused-ring (bicyclic) bond motifs is 15. The zero-order chi connectivity index (χ0) is 15.7. The van der Waals surface area contributed by atoms with Crippen molar-refractivity contribution < 1.29 is 0 Å². The Labute approximate surface area is 144 Å². The molecule has 130 valence electrons. The Morgan fingerprint density at radius 3 is 1.73 bits per heavy atom. The van der Waals surface area contributed by atoms with Gasteiger partial charge in [0.15, 0.2) is 0 Å². The SMILES string of the molecule is CC12CNCCNCC(N)(CNCCSC1)CNCCSC2. The second-order valence-corrected chi connectivity index (χ2v) is 9.20. The third-order valence-electron chi connectivity index (χ3n) is 4.21. The third-order valence-corrected chi connectivity index (χ3v) is 7.00. The second kappa shape index (κ2) is 9.71. The van der Waals surface area contributed by atoms with E-state index < -0.39 is 0 Å². The standard InChI is InChI=1S/C15H33N5S2/c1-14-8-17-2-3-18-9-15(16,10-19-4-6-21-12-14)11-20-5-7-22-13-14/h17-20H,2-13,16H2,1H3. The predicted molar refractivity (Wildman–Crippen MR) is 101 cm³/mol. The van der Waals surface area contributed by atoms with Crippen LogP contribution in [-0.4, -0.2) is 80.9 Å². The Balaban J connectivity index is 2.03. The van der Waals surface area contributed by atoms with E-state index in [0.29, 0.717) is 5.41 Å². The highest BCUT2D eigenvalue weighted by molar-refractivity contribution is 8.00. The van der Waals surface area contributed by atoms with E-state index in [1.165, 1.54) is 11.5 Å². The predicted octanol–water partition coefficient (Wildman–Crippen LogP) is -0.458. The molecule has 3 fully saturated rings. The molecule has 5 nitrogen and oxygen atoms in total. The largest absolute Gasteiger partial charge is 0.322 e. The molecule has 0 spiro atoms. The highest BCUT2D eigenvalue weighted by Crippen LogP contribution is 2.26. The van der Waals surface area contributed by atoms with Gasteiger partial charge in [0.25, 0.3) is 0 Å². The van der Waals surface area contributed by atoms with E-state index in [0.717, 1.165) is 63.9 Å². The molecule has 3 saturated heterocycles. The molecule has 0 unspecified atom stereocenters. The summed E-state index contributed by atoms with van der Waals surface area (Å²) in [4.78, 5) is 0. The maximum atomic E-state index is 6.60. The Bertz CT molecular complexity index is 243. The van der Waals surface area contributed by atoms with E-state index in [-0.39, 0.29) is 5.54 Å². The van der Waals surface area contributed by atoms with E-state index in [9.17, 15) is 0 Å². The number of nitrogens with two attached hydrogens (primary N) is 1. The van der Waals surface area contributed by atoms with Gasteiger partial charge in [0.05, 0.1) is 5.54 Å². The maximum Gasteiger partial charge on any atom is 0.0533 e. The van der Waals surface area contributed by atoms with Gasteiger partial charge >= 0.3 is 0 Å². The molecule has 3 heterocycles. The van der Waals surface area contributed by atoms with Crippen molar-refractivity contribution in [3.05, 3.63) is 0 Å². The maximum absolute atomic E-state index is 6.60. The molecular weight excluding hydrogens is 314 g/mol. The lowest BCUT2D eigenvalue weighted by Crippen LogP contribution is -2.61. The fourth-order valence-corrected chi connectivity index (χ4v) is 5.23. The second-order valence-electron chi connectivity index (χ2n) is 6.99. The Hall–Kier alpha value is 0.500. The van der Waals surface area contributed by atoms with Crippen LogP contribution in [0.1, 0.15) is 6.92 Å². The van der Waals surface area contributed by atoms with E-state index in [2.05, 4.69) is 51.7 Å². The van der Waals surface area contributed by atoms with E-state index in [1.807, 2.05) is 0 Å². The van der Waals surface area contributed by atoms with Crippen LogP contribution >= 0.6 is 23.5 Å². The molecule has 2 bridgehead atoms. The number of hydrogen-bond donors (Lipinski definition) is 5. The molecule has 0 amide bonds. The van der Waals surface area contributed by atoms with Crippen molar-refractivity contribution in [2.45, 2.75) is 12.5 Å². The van der Waals surface area contributed by atoms with Crippen LogP contribution in [0.4, 0.5) is 0 Å². The van der Waals surface area contributed by atoms with Gasteiger partial charge in [-0.2, -0.15) is 23.5 Å². The van der Waals surface area contributed by atoms with Crippen molar-refractivity contribution >= 4 is 23.5 Å². The fraction of sp³-hybridized carbons (Fsp3) is 1.00. The molecule has 0 saturated carbocycles. The molecule has 6 N–H and O–H groups in total. The highest BCUT2D eigenvalue weighted by atomic mass is 32.2. The van der Waals surface area contributed by atoms with E-state index in [4.69, 9.17) is 5.73 Å². The molecule has 3 aliphatic rings. The fourth-order valence-electron chi connectivity index (χ4n) is 2.84. The molecule has 3 aliphatic heterocycles. The molecule has 0 atom stereocenters. The quantitative estimate of drug-likeness (QED) is 0.406. The van der Waals surface area contributed by atoms with Crippen molar-refractivity contribution in [3.8, 4) is 0 Å². The molecule has 0 radical (unpaired) electrons. The topological polar surface area (TPSA) is 74.1 Å². The van der Waals surface area contributed by atoms with Crippen molar-refractivity contribution in [2.75, 3.05) is 75.4 Å². The summed E-state index contributed by atoms with van der Waals surface area (Å²) in [5.41, 5.74) is 6.77. The van der Waals surface area contributed by atoms with Crippen LogP contribution in [0, 0.1) is 5.41 Å². The number of hydrogen-bond acceptors (Lipinski definition) is 7. The molecule has 22 heavy (non-hydrogen) atoms.